The maximum atomic E-state index is 13.6. The predicted octanol–water partition coefficient (Wildman–Crippen LogP) is 4.59. The highest BCUT2D eigenvalue weighted by molar-refractivity contribution is 7.89. The van der Waals surface area contributed by atoms with Gasteiger partial charge in [-0.1, -0.05) is 30.3 Å². The van der Waals surface area contributed by atoms with Gasteiger partial charge in [0.05, 0.1) is 24.1 Å². The number of amides is 1. The first kappa shape index (κ1) is 25.5. The van der Waals surface area contributed by atoms with E-state index >= 15 is 0 Å². The molecule has 0 aliphatic carbocycles. The van der Waals surface area contributed by atoms with Gasteiger partial charge < -0.3 is 9.64 Å². The Morgan fingerprint density at radius 2 is 1.83 bits per heavy atom. The molecule has 1 aromatic heterocycles. The first-order chi connectivity index (χ1) is 16.8. The molecule has 1 amide bonds. The number of sulfonamides is 1. The third kappa shape index (κ3) is 6.55. The Kier molecular flexibility index (Phi) is 8.33. The summed E-state index contributed by atoms with van der Waals surface area (Å²) in [5.41, 5.74) is 1.84. The van der Waals surface area contributed by atoms with Crippen LogP contribution in [0.4, 0.5) is 4.39 Å². The van der Waals surface area contributed by atoms with E-state index in [0.29, 0.717) is 13.2 Å². The van der Waals surface area contributed by atoms with Gasteiger partial charge in [-0.2, -0.15) is 4.31 Å². The van der Waals surface area contributed by atoms with Crippen molar-refractivity contribution in [2.75, 3.05) is 19.7 Å². The van der Waals surface area contributed by atoms with Gasteiger partial charge in [-0.15, -0.1) is 11.3 Å². The van der Waals surface area contributed by atoms with Crippen molar-refractivity contribution in [1.29, 1.82) is 0 Å². The average Bonchev–Trinajstić information content (AvgIpc) is 3.52. The number of carbonyl (C=O) groups is 1. The molecular weight excluding hydrogens is 487 g/mol. The maximum absolute atomic E-state index is 13.6. The Morgan fingerprint density at radius 3 is 2.46 bits per heavy atom. The topological polar surface area (TPSA) is 66.9 Å². The van der Waals surface area contributed by atoms with Gasteiger partial charge >= 0.3 is 0 Å². The molecule has 35 heavy (non-hydrogen) atoms. The fourth-order valence-electron chi connectivity index (χ4n) is 4.04. The van der Waals surface area contributed by atoms with Crippen molar-refractivity contribution in [2.24, 2.45) is 0 Å². The molecular formula is C26H29FN2O4S2. The van der Waals surface area contributed by atoms with Crippen molar-refractivity contribution < 1.29 is 22.3 Å². The number of nitrogens with zero attached hydrogens (tertiary/aromatic N) is 2. The number of halogens is 1. The van der Waals surface area contributed by atoms with Gasteiger partial charge in [-0.05, 0) is 66.6 Å². The Morgan fingerprint density at radius 1 is 1.09 bits per heavy atom. The minimum atomic E-state index is -3.91. The zero-order valence-corrected chi connectivity index (χ0v) is 21.2. The van der Waals surface area contributed by atoms with Crippen LogP contribution in [0.15, 0.2) is 70.9 Å². The predicted molar refractivity (Wildman–Crippen MR) is 134 cm³/mol. The fraction of sp³-hybridized carbons (Fsp3) is 0.346. The smallest absolute Gasteiger partial charge is 0.243 e. The molecule has 1 atom stereocenters. The third-order valence-corrected chi connectivity index (χ3v) is 8.90. The van der Waals surface area contributed by atoms with Crippen LogP contribution in [-0.4, -0.2) is 49.3 Å². The van der Waals surface area contributed by atoms with Crippen LogP contribution in [0, 0.1) is 12.7 Å². The standard InChI is InChI=1S/C26H29FN2O4S2/c1-20-13-15-34-25(20)18-28(16-21-9-11-22(27)12-10-21)26(30)19-29(17-23-6-5-14-33-23)35(31,32)24-7-3-2-4-8-24/h2-4,7-13,15,23H,5-6,14,16-19H2,1H3. The molecule has 1 unspecified atom stereocenters. The van der Waals surface area contributed by atoms with Crippen LogP contribution in [-0.2, 0) is 32.6 Å². The lowest BCUT2D eigenvalue weighted by Gasteiger charge is -2.28. The lowest BCUT2D eigenvalue weighted by Crippen LogP contribution is -2.45. The summed E-state index contributed by atoms with van der Waals surface area (Å²) in [6.07, 6.45) is 1.38. The van der Waals surface area contributed by atoms with E-state index in [-0.39, 0.29) is 42.4 Å². The second kappa shape index (κ2) is 11.4. The number of carbonyl (C=O) groups excluding carboxylic acids is 1. The van der Waals surface area contributed by atoms with Gasteiger partial charge in [-0.25, -0.2) is 12.8 Å². The summed E-state index contributed by atoms with van der Waals surface area (Å²) in [4.78, 5) is 16.4. The number of hydrogen-bond donors (Lipinski definition) is 0. The maximum Gasteiger partial charge on any atom is 0.243 e. The van der Waals surface area contributed by atoms with Crippen molar-refractivity contribution in [3.63, 3.8) is 0 Å². The lowest BCUT2D eigenvalue weighted by atomic mass is 10.2. The zero-order chi connectivity index (χ0) is 24.8. The first-order valence-electron chi connectivity index (χ1n) is 11.5. The summed E-state index contributed by atoms with van der Waals surface area (Å²) in [6, 6.07) is 16.1. The number of thiophene rings is 1. The highest BCUT2D eigenvalue weighted by Crippen LogP contribution is 2.23. The summed E-state index contributed by atoms with van der Waals surface area (Å²) in [5, 5.41) is 1.97. The summed E-state index contributed by atoms with van der Waals surface area (Å²) in [6.45, 7) is 2.98. The molecule has 186 valence electrons. The van der Waals surface area contributed by atoms with Crippen molar-refractivity contribution in [3.8, 4) is 0 Å². The molecule has 1 fully saturated rings. The van der Waals surface area contributed by atoms with Crippen LogP contribution in [0.2, 0.25) is 0 Å². The summed E-state index contributed by atoms with van der Waals surface area (Å²) in [5.74, 6) is -0.669. The summed E-state index contributed by atoms with van der Waals surface area (Å²) in [7, 11) is -3.91. The fourth-order valence-corrected chi connectivity index (χ4v) is 6.40. The van der Waals surface area contributed by atoms with Gasteiger partial charge in [-0.3, -0.25) is 4.79 Å². The van der Waals surface area contributed by atoms with Gasteiger partial charge in [0, 0.05) is 24.6 Å². The second-order valence-corrected chi connectivity index (χ2v) is 11.6. The second-order valence-electron chi connectivity index (χ2n) is 8.65. The van der Waals surface area contributed by atoms with Crippen LogP contribution in [0.25, 0.3) is 0 Å². The molecule has 0 spiro atoms. The van der Waals surface area contributed by atoms with Crippen molar-refractivity contribution in [1.82, 2.24) is 9.21 Å². The Hall–Kier alpha value is -2.59. The quantitative estimate of drug-likeness (QED) is 0.395. The van der Waals surface area contributed by atoms with E-state index in [1.807, 2.05) is 18.4 Å². The number of hydrogen-bond acceptors (Lipinski definition) is 5. The molecule has 2 heterocycles. The Balaban J connectivity index is 1.60. The summed E-state index contributed by atoms with van der Waals surface area (Å²) >= 11 is 1.55. The number of rotatable bonds is 10. The molecule has 6 nitrogen and oxygen atoms in total. The van der Waals surface area contributed by atoms with Crippen LogP contribution < -0.4 is 0 Å². The molecule has 3 aromatic rings. The van der Waals surface area contributed by atoms with E-state index in [1.54, 1.807) is 46.6 Å². The molecule has 0 saturated carbocycles. The highest BCUT2D eigenvalue weighted by Gasteiger charge is 2.32. The number of aryl methyl sites for hydroxylation is 1. The van der Waals surface area contributed by atoms with E-state index in [2.05, 4.69) is 0 Å². The van der Waals surface area contributed by atoms with Crippen LogP contribution in [0.1, 0.15) is 28.8 Å². The minimum absolute atomic E-state index is 0.116. The van der Waals surface area contributed by atoms with Crippen LogP contribution in [0.3, 0.4) is 0 Å². The van der Waals surface area contributed by atoms with E-state index in [0.717, 1.165) is 28.8 Å². The van der Waals surface area contributed by atoms with E-state index in [4.69, 9.17) is 4.74 Å². The van der Waals surface area contributed by atoms with Crippen molar-refractivity contribution in [3.05, 3.63) is 87.9 Å². The summed E-state index contributed by atoms with van der Waals surface area (Å²) < 4.78 is 47.4. The molecule has 4 rings (SSSR count). The number of ether oxygens (including phenoxy) is 1. The van der Waals surface area contributed by atoms with Crippen molar-refractivity contribution in [2.45, 2.75) is 43.9 Å². The van der Waals surface area contributed by atoms with Gasteiger partial charge in [0.2, 0.25) is 15.9 Å². The highest BCUT2D eigenvalue weighted by atomic mass is 32.2. The minimum Gasteiger partial charge on any atom is -0.377 e. The van der Waals surface area contributed by atoms with Gasteiger partial charge in [0.1, 0.15) is 5.82 Å². The molecule has 0 bridgehead atoms. The molecule has 1 aliphatic heterocycles. The molecule has 1 aliphatic rings. The monoisotopic (exact) mass is 516 g/mol. The van der Waals surface area contributed by atoms with E-state index < -0.39 is 10.0 Å². The largest absolute Gasteiger partial charge is 0.377 e. The van der Waals surface area contributed by atoms with Gasteiger partial charge in [0.25, 0.3) is 0 Å². The third-order valence-electron chi connectivity index (χ3n) is 6.07. The molecule has 0 N–H and O–H groups in total. The lowest BCUT2D eigenvalue weighted by molar-refractivity contribution is -0.132. The molecule has 9 heteroatoms. The molecule has 1 saturated heterocycles. The normalized spacial score (nSPS) is 16.0. The average molecular weight is 517 g/mol. The van der Waals surface area contributed by atoms with E-state index in [9.17, 15) is 17.6 Å². The molecule has 0 radical (unpaired) electrons. The van der Waals surface area contributed by atoms with E-state index in [1.165, 1.54) is 28.6 Å². The Labute approximate surface area is 210 Å². The Bertz CT molecular complexity index is 1220. The first-order valence-corrected chi connectivity index (χ1v) is 13.9. The van der Waals surface area contributed by atoms with Crippen LogP contribution in [0.5, 0.6) is 0 Å². The van der Waals surface area contributed by atoms with Crippen LogP contribution >= 0.6 is 11.3 Å². The molecule has 2 aromatic carbocycles. The van der Waals surface area contributed by atoms with Crippen molar-refractivity contribution >= 4 is 27.3 Å². The van der Waals surface area contributed by atoms with Gasteiger partial charge in [0.15, 0.2) is 0 Å². The number of benzene rings is 2. The SMILES string of the molecule is Cc1ccsc1CN(Cc1ccc(F)cc1)C(=O)CN(CC1CCCO1)S(=O)(=O)c1ccccc1. The zero-order valence-electron chi connectivity index (χ0n) is 19.6.